The van der Waals surface area contributed by atoms with E-state index in [0.717, 1.165) is 28.1 Å². The Hall–Kier alpha value is -1.24. The predicted molar refractivity (Wildman–Crippen MR) is 65.7 cm³/mol. The van der Waals surface area contributed by atoms with Crippen LogP contribution in [0.2, 0.25) is 0 Å². The standard InChI is InChI=1S/C9H14O10S2/c1-9(2)20(12,13)18-5(7(10)16-3)6(8(11)17-4)19-21(9,14)15/h5-6H,1-4H3. The number of methoxy groups -OCH3 is 2. The molecule has 2 atom stereocenters. The quantitative estimate of drug-likeness (QED) is 0.429. The number of esters is 2. The van der Waals surface area contributed by atoms with Gasteiger partial charge >= 0.3 is 11.9 Å². The van der Waals surface area contributed by atoms with E-state index in [1.165, 1.54) is 0 Å². The summed E-state index contributed by atoms with van der Waals surface area (Å²) in [4.78, 5) is 23.1. The summed E-state index contributed by atoms with van der Waals surface area (Å²) >= 11 is 0. The van der Waals surface area contributed by atoms with Crippen molar-refractivity contribution in [3.05, 3.63) is 0 Å². The third-order valence-electron chi connectivity index (χ3n) is 2.81. The number of carbonyl (C=O) groups is 2. The zero-order valence-corrected chi connectivity index (χ0v) is 13.2. The lowest BCUT2D eigenvalue weighted by molar-refractivity contribution is -0.164. The summed E-state index contributed by atoms with van der Waals surface area (Å²) in [5.74, 6) is -2.61. The van der Waals surface area contributed by atoms with E-state index in [4.69, 9.17) is 0 Å². The molecule has 0 aromatic rings. The highest BCUT2D eigenvalue weighted by Crippen LogP contribution is 2.34. The number of hydrogen-bond acceptors (Lipinski definition) is 10. The topological polar surface area (TPSA) is 139 Å². The maximum atomic E-state index is 12.0. The summed E-state index contributed by atoms with van der Waals surface area (Å²) < 4.78 is 63.0. The Morgan fingerprint density at radius 1 is 0.857 bits per heavy atom. The van der Waals surface area contributed by atoms with E-state index in [9.17, 15) is 26.4 Å². The first kappa shape index (κ1) is 17.8. The molecule has 0 spiro atoms. The summed E-state index contributed by atoms with van der Waals surface area (Å²) in [5.41, 5.74) is 0. The molecule has 0 N–H and O–H groups in total. The average Bonchev–Trinajstić information content (AvgIpc) is 2.44. The van der Waals surface area contributed by atoms with Crippen LogP contribution in [-0.2, 0) is 47.7 Å². The van der Waals surface area contributed by atoms with Crippen LogP contribution >= 0.6 is 0 Å². The molecule has 1 saturated heterocycles. The fourth-order valence-corrected chi connectivity index (χ4v) is 3.89. The average molecular weight is 346 g/mol. The highest BCUT2D eigenvalue weighted by molar-refractivity contribution is 8.06. The first-order valence-corrected chi connectivity index (χ1v) is 8.24. The molecule has 0 saturated carbocycles. The molecule has 0 aromatic heterocycles. The van der Waals surface area contributed by atoms with Crippen molar-refractivity contribution < 1.29 is 44.3 Å². The van der Waals surface area contributed by atoms with E-state index in [2.05, 4.69) is 17.8 Å². The van der Waals surface area contributed by atoms with E-state index < -0.39 is 48.5 Å². The number of ether oxygens (including phenoxy) is 2. The van der Waals surface area contributed by atoms with Crippen molar-refractivity contribution in [1.82, 2.24) is 0 Å². The summed E-state index contributed by atoms with van der Waals surface area (Å²) in [6.45, 7) is 1.59. The third kappa shape index (κ3) is 2.88. The highest BCUT2D eigenvalue weighted by atomic mass is 32.3. The Morgan fingerprint density at radius 3 is 1.38 bits per heavy atom. The normalized spacial score (nSPS) is 29.9. The van der Waals surface area contributed by atoms with Crippen LogP contribution in [0.5, 0.6) is 0 Å². The fourth-order valence-electron chi connectivity index (χ4n) is 1.29. The number of carbonyl (C=O) groups excluding carboxylic acids is 2. The van der Waals surface area contributed by atoms with Crippen LogP contribution in [0.1, 0.15) is 13.8 Å². The second-order valence-electron chi connectivity index (χ2n) is 4.39. The molecule has 21 heavy (non-hydrogen) atoms. The minimum absolute atomic E-state index is 0.797. The Kier molecular flexibility index (Phi) is 4.68. The van der Waals surface area contributed by atoms with Crippen LogP contribution in [0.3, 0.4) is 0 Å². The van der Waals surface area contributed by atoms with Crippen LogP contribution in [0.15, 0.2) is 0 Å². The first-order valence-electron chi connectivity index (χ1n) is 5.42. The van der Waals surface area contributed by atoms with Gasteiger partial charge in [0.15, 0.2) is 0 Å². The molecular formula is C9H14O10S2. The van der Waals surface area contributed by atoms with Crippen molar-refractivity contribution in [1.29, 1.82) is 0 Å². The van der Waals surface area contributed by atoms with Gasteiger partial charge in [0.05, 0.1) is 14.2 Å². The smallest absolute Gasteiger partial charge is 0.340 e. The van der Waals surface area contributed by atoms with Gasteiger partial charge in [-0.15, -0.1) is 0 Å². The van der Waals surface area contributed by atoms with Gasteiger partial charge in [-0.1, -0.05) is 0 Å². The molecule has 1 fully saturated rings. The van der Waals surface area contributed by atoms with Gasteiger partial charge in [-0.2, -0.15) is 16.8 Å². The Balaban J connectivity index is 3.53. The van der Waals surface area contributed by atoms with E-state index in [1.807, 2.05) is 0 Å². The molecule has 0 radical (unpaired) electrons. The molecule has 0 amide bonds. The lowest BCUT2D eigenvalue weighted by Crippen LogP contribution is -2.44. The van der Waals surface area contributed by atoms with Gasteiger partial charge in [-0.25, -0.2) is 18.0 Å². The summed E-state index contributed by atoms with van der Waals surface area (Å²) in [6.07, 6.45) is -4.27. The van der Waals surface area contributed by atoms with Gasteiger partial charge in [0.1, 0.15) is 0 Å². The molecule has 10 nitrogen and oxygen atoms in total. The molecule has 1 aliphatic rings. The Bertz CT molecular complexity index is 588. The number of hydrogen-bond donors (Lipinski definition) is 0. The predicted octanol–water partition coefficient (Wildman–Crippen LogP) is -1.49. The van der Waals surface area contributed by atoms with E-state index >= 15 is 0 Å². The van der Waals surface area contributed by atoms with Gasteiger partial charge in [0, 0.05) is 0 Å². The lowest BCUT2D eigenvalue weighted by Gasteiger charge is -2.19. The summed E-state index contributed by atoms with van der Waals surface area (Å²) in [6, 6.07) is 0. The molecule has 0 bridgehead atoms. The van der Waals surface area contributed by atoms with Crippen LogP contribution < -0.4 is 0 Å². The fraction of sp³-hybridized carbons (Fsp3) is 0.778. The zero-order chi connectivity index (χ0) is 16.6. The second kappa shape index (κ2) is 5.51. The van der Waals surface area contributed by atoms with Gasteiger partial charge < -0.3 is 9.47 Å². The molecule has 1 heterocycles. The molecular weight excluding hydrogens is 332 g/mol. The van der Waals surface area contributed by atoms with Gasteiger partial charge in [0.2, 0.25) is 16.3 Å². The van der Waals surface area contributed by atoms with Crippen molar-refractivity contribution >= 4 is 32.2 Å². The number of rotatable bonds is 2. The van der Waals surface area contributed by atoms with Crippen molar-refractivity contribution in [3.63, 3.8) is 0 Å². The largest absolute Gasteiger partial charge is 0.467 e. The van der Waals surface area contributed by atoms with Crippen molar-refractivity contribution in [2.75, 3.05) is 14.2 Å². The Labute approximate surface area is 121 Å². The van der Waals surface area contributed by atoms with Crippen molar-refractivity contribution in [3.8, 4) is 0 Å². The van der Waals surface area contributed by atoms with Gasteiger partial charge in [0.25, 0.3) is 20.2 Å². The monoisotopic (exact) mass is 346 g/mol. The maximum Gasteiger partial charge on any atom is 0.340 e. The van der Waals surface area contributed by atoms with Crippen LogP contribution in [0, 0.1) is 0 Å². The molecule has 122 valence electrons. The molecule has 2 unspecified atom stereocenters. The van der Waals surface area contributed by atoms with Gasteiger partial charge in [-0.05, 0) is 13.8 Å². The van der Waals surface area contributed by atoms with E-state index in [-0.39, 0.29) is 0 Å². The van der Waals surface area contributed by atoms with Crippen LogP contribution in [-0.4, -0.2) is 59.3 Å². The minimum Gasteiger partial charge on any atom is -0.467 e. The second-order valence-corrected chi connectivity index (χ2v) is 8.89. The molecule has 0 aromatic carbocycles. The minimum atomic E-state index is -4.81. The first-order chi connectivity index (χ1) is 9.41. The van der Waals surface area contributed by atoms with Crippen LogP contribution in [0.4, 0.5) is 0 Å². The molecule has 1 aliphatic heterocycles. The Morgan fingerprint density at radius 2 is 1.14 bits per heavy atom. The van der Waals surface area contributed by atoms with Crippen molar-refractivity contribution in [2.24, 2.45) is 0 Å². The zero-order valence-electron chi connectivity index (χ0n) is 11.6. The molecule has 0 aliphatic carbocycles. The summed E-state index contributed by atoms with van der Waals surface area (Å²) in [7, 11) is -7.81. The van der Waals surface area contributed by atoms with Gasteiger partial charge in [-0.3, -0.25) is 0 Å². The maximum absolute atomic E-state index is 12.0. The highest BCUT2D eigenvalue weighted by Gasteiger charge is 2.58. The van der Waals surface area contributed by atoms with E-state index in [0.29, 0.717) is 0 Å². The molecule has 12 heteroatoms. The SMILES string of the molecule is COC(=O)C1OS(=O)(=O)C(C)(C)S(=O)(=O)OC1C(=O)OC. The van der Waals surface area contributed by atoms with E-state index in [1.54, 1.807) is 0 Å². The summed E-state index contributed by atoms with van der Waals surface area (Å²) in [5, 5.41) is 0. The lowest BCUT2D eigenvalue weighted by atomic mass is 10.2. The van der Waals surface area contributed by atoms with Crippen LogP contribution in [0.25, 0.3) is 0 Å². The molecule has 1 rings (SSSR count). The third-order valence-corrected chi connectivity index (χ3v) is 7.36. The van der Waals surface area contributed by atoms with Crippen molar-refractivity contribution in [2.45, 2.75) is 30.1 Å².